The molecule has 0 spiro atoms. The molecule has 0 amide bonds. The summed E-state index contributed by atoms with van der Waals surface area (Å²) in [5.41, 5.74) is -1.01. The Kier molecular flexibility index (Phi) is 6.03. The number of hydrogen-bond acceptors (Lipinski definition) is 5. The summed E-state index contributed by atoms with van der Waals surface area (Å²) < 4.78 is 75.7. The Morgan fingerprint density at radius 3 is 2.58 bits per heavy atom. The van der Waals surface area contributed by atoms with Gasteiger partial charge in [-0.1, -0.05) is 30.3 Å². The summed E-state index contributed by atoms with van der Waals surface area (Å²) in [5.74, 6) is -4.69. The van der Waals surface area contributed by atoms with Gasteiger partial charge in [0.15, 0.2) is 17.4 Å². The molecule has 0 bridgehead atoms. The summed E-state index contributed by atoms with van der Waals surface area (Å²) in [6, 6.07) is 12.0. The largest absolute Gasteiger partial charge is 0.503 e. The zero-order valence-electron chi connectivity index (χ0n) is 19.1. The monoisotopic (exact) mass is 504 g/mol. The Morgan fingerprint density at radius 2 is 1.86 bits per heavy atom. The van der Waals surface area contributed by atoms with Crippen molar-refractivity contribution in [1.29, 1.82) is 0 Å². The minimum absolute atomic E-state index is 0.0576. The summed E-state index contributed by atoms with van der Waals surface area (Å²) >= 11 is 0. The maximum Gasteiger partial charge on any atom is 0.419 e. The van der Waals surface area contributed by atoms with Crippen LogP contribution in [0.1, 0.15) is 11.1 Å². The van der Waals surface area contributed by atoms with Crippen molar-refractivity contribution in [3.8, 4) is 17.0 Å². The molecule has 1 aliphatic rings. The molecule has 11 heteroatoms. The molecule has 5 rings (SSSR count). The van der Waals surface area contributed by atoms with Crippen LogP contribution in [-0.2, 0) is 24.4 Å². The van der Waals surface area contributed by atoms with Crippen molar-refractivity contribution in [3.05, 3.63) is 71.4 Å². The zero-order chi connectivity index (χ0) is 25.6. The number of phenolic OH excluding ortho intramolecular Hbond substituents is 1. The molecule has 1 saturated heterocycles. The number of morpholine rings is 1. The van der Waals surface area contributed by atoms with Gasteiger partial charge in [-0.05, 0) is 11.6 Å². The van der Waals surface area contributed by atoms with Gasteiger partial charge in [0.05, 0.1) is 23.8 Å². The number of nitrogens with zero attached hydrogens (tertiary/aromatic N) is 4. The van der Waals surface area contributed by atoms with Crippen molar-refractivity contribution >= 4 is 16.7 Å². The molecule has 1 fully saturated rings. The molecule has 0 radical (unpaired) electrons. The molecule has 2 aromatic heterocycles. The summed E-state index contributed by atoms with van der Waals surface area (Å²) in [7, 11) is 1.55. The lowest BCUT2D eigenvalue weighted by atomic mass is 10.0. The second-order valence-corrected chi connectivity index (χ2v) is 8.61. The van der Waals surface area contributed by atoms with Crippen molar-refractivity contribution in [2.75, 3.05) is 24.6 Å². The predicted octanol–water partition coefficient (Wildman–Crippen LogP) is 5.09. The van der Waals surface area contributed by atoms with E-state index in [4.69, 9.17) is 4.74 Å². The first-order valence-corrected chi connectivity index (χ1v) is 11.1. The van der Waals surface area contributed by atoms with E-state index < -0.39 is 34.7 Å². The number of aromatic hydroxyl groups is 1. The zero-order valence-corrected chi connectivity index (χ0v) is 19.1. The number of fused-ring (bicyclic) bond motifs is 1. The van der Waals surface area contributed by atoms with E-state index in [9.17, 15) is 27.1 Å². The normalized spacial score (nSPS) is 16.6. The number of benzene rings is 2. The van der Waals surface area contributed by atoms with Gasteiger partial charge in [-0.3, -0.25) is 4.68 Å². The third kappa shape index (κ3) is 4.34. The summed E-state index contributed by atoms with van der Waals surface area (Å²) in [4.78, 5) is 6.49. The van der Waals surface area contributed by atoms with E-state index in [1.54, 1.807) is 13.1 Å². The van der Waals surface area contributed by atoms with Crippen LogP contribution in [0.25, 0.3) is 22.2 Å². The molecule has 1 unspecified atom stereocenters. The van der Waals surface area contributed by atoms with Gasteiger partial charge in [-0.25, -0.2) is 13.8 Å². The van der Waals surface area contributed by atoms with Gasteiger partial charge < -0.3 is 14.7 Å². The van der Waals surface area contributed by atoms with Gasteiger partial charge in [-0.2, -0.15) is 18.3 Å². The van der Waals surface area contributed by atoms with Crippen LogP contribution in [0.2, 0.25) is 0 Å². The number of pyridine rings is 1. The Labute approximate surface area is 202 Å². The molecule has 36 heavy (non-hydrogen) atoms. The quantitative estimate of drug-likeness (QED) is 0.393. The summed E-state index contributed by atoms with van der Waals surface area (Å²) in [6.45, 7) is 1.66. The van der Waals surface area contributed by atoms with Crippen molar-refractivity contribution in [2.45, 2.75) is 18.7 Å². The predicted molar refractivity (Wildman–Crippen MR) is 123 cm³/mol. The third-order valence-electron chi connectivity index (χ3n) is 6.23. The van der Waals surface area contributed by atoms with Gasteiger partial charge in [0, 0.05) is 49.8 Å². The molecule has 6 nitrogen and oxygen atoms in total. The highest BCUT2D eigenvalue weighted by atomic mass is 19.4. The Hall–Kier alpha value is -3.73. The SMILES string of the molecule is Cn1nc(-c2cc(C(F)(F)F)c(F)c(O)c2F)c2cnc(N3CCOC(Cc4ccccc4)C3)cc21. The van der Waals surface area contributed by atoms with Crippen LogP contribution < -0.4 is 4.90 Å². The second kappa shape index (κ2) is 9.05. The molecular formula is C25H21F5N4O2. The van der Waals surface area contributed by atoms with Crippen LogP contribution in [0.15, 0.2) is 48.7 Å². The van der Waals surface area contributed by atoms with Crippen molar-refractivity contribution < 1.29 is 31.8 Å². The Morgan fingerprint density at radius 1 is 1.11 bits per heavy atom. The highest BCUT2D eigenvalue weighted by molar-refractivity contribution is 5.94. The molecule has 1 aliphatic heterocycles. The van der Waals surface area contributed by atoms with Gasteiger partial charge in [0.25, 0.3) is 0 Å². The highest BCUT2D eigenvalue weighted by Crippen LogP contribution is 2.41. The molecule has 0 aliphatic carbocycles. The number of rotatable bonds is 4. The standard InChI is InChI=1S/C25H21F5N4O2/c1-33-19-11-20(34-7-8-36-15(13-34)9-14-5-3-2-4-6-14)31-12-17(19)23(32-33)16-10-18(25(28,29)30)22(27)24(35)21(16)26/h2-6,10-12,15,35H,7-9,13H2,1H3. The average molecular weight is 504 g/mol. The fourth-order valence-electron chi connectivity index (χ4n) is 4.44. The summed E-state index contributed by atoms with van der Waals surface area (Å²) in [5, 5.41) is 14.1. The average Bonchev–Trinajstić information content (AvgIpc) is 3.18. The number of hydrogen-bond donors (Lipinski definition) is 1. The highest BCUT2D eigenvalue weighted by Gasteiger charge is 2.38. The number of halogens is 5. The van der Waals surface area contributed by atoms with Gasteiger partial charge >= 0.3 is 6.18 Å². The molecule has 1 N–H and O–H groups in total. The molecule has 2 aromatic carbocycles. The molecule has 4 aromatic rings. The fraction of sp³-hybridized carbons (Fsp3) is 0.280. The molecule has 188 valence electrons. The van der Waals surface area contributed by atoms with E-state index in [1.165, 1.54) is 10.9 Å². The van der Waals surface area contributed by atoms with E-state index in [0.717, 1.165) is 12.0 Å². The topological polar surface area (TPSA) is 63.4 Å². The molecule has 0 saturated carbocycles. The fourth-order valence-corrected chi connectivity index (χ4v) is 4.44. The minimum atomic E-state index is -5.13. The summed E-state index contributed by atoms with van der Waals surface area (Å²) in [6.07, 6.45) is -3.07. The number of aryl methyl sites for hydroxylation is 1. The van der Waals surface area contributed by atoms with Crippen LogP contribution >= 0.6 is 0 Å². The van der Waals surface area contributed by atoms with Crippen molar-refractivity contribution in [1.82, 2.24) is 14.8 Å². The van der Waals surface area contributed by atoms with Crippen LogP contribution in [0.4, 0.5) is 27.8 Å². The van der Waals surface area contributed by atoms with Crippen LogP contribution in [0.3, 0.4) is 0 Å². The molecular weight excluding hydrogens is 483 g/mol. The van der Waals surface area contributed by atoms with E-state index in [1.807, 2.05) is 35.2 Å². The van der Waals surface area contributed by atoms with E-state index in [0.29, 0.717) is 37.1 Å². The van der Waals surface area contributed by atoms with Crippen LogP contribution in [0, 0.1) is 11.6 Å². The van der Waals surface area contributed by atoms with Crippen LogP contribution in [-0.4, -0.2) is 45.7 Å². The number of ether oxygens (including phenoxy) is 1. The Bertz CT molecular complexity index is 1420. The number of alkyl halides is 3. The third-order valence-corrected chi connectivity index (χ3v) is 6.23. The number of phenols is 1. The lowest BCUT2D eigenvalue weighted by molar-refractivity contribution is -0.140. The first-order chi connectivity index (χ1) is 17.1. The van der Waals surface area contributed by atoms with Gasteiger partial charge in [0.2, 0.25) is 0 Å². The lowest BCUT2D eigenvalue weighted by Gasteiger charge is -2.34. The van der Waals surface area contributed by atoms with Crippen LogP contribution in [0.5, 0.6) is 5.75 Å². The van der Waals surface area contributed by atoms with E-state index in [-0.39, 0.29) is 17.2 Å². The Balaban J connectivity index is 1.49. The number of anilines is 1. The van der Waals surface area contributed by atoms with E-state index >= 15 is 0 Å². The first kappa shape index (κ1) is 24.0. The maximum absolute atomic E-state index is 14.7. The second-order valence-electron chi connectivity index (χ2n) is 8.61. The maximum atomic E-state index is 14.7. The van der Waals surface area contributed by atoms with E-state index in [2.05, 4.69) is 10.1 Å². The molecule has 3 heterocycles. The van der Waals surface area contributed by atoms with Crippen molar-refractivity contribution in [2.24, 2.45) is 7.05 Å². The molecule has 1 atom stereocenters. The van der Waals surface area contributed by atoms with Gasteiger partial charge in [-0.15, -0.1) is 0 Å². The smallest absolute Gasteiger partial charge is 0.419 e. The lowest BCUT2D eigenvalue weighted by Crippen LogP contribution is -2.43. The van der Waals surface area contributed by atoms with Gasteiger partial charge in [0.1, 0.15) is 11.5 Å². The van der Waals surface area contributed by atoms with Crippen molar-refractivity contribution in [3.63, 3.8) is 0 Å². The number of aromatic nitrogens is 3. The minimum Gasteiger partial charge on any atom is -0.503 e. The first-order valence-electron chi connectivity index (χ1n) is 11.1.